The van der Waals surface area contributed by atoms with Gasteiger partial charge in [0.15, 0.2) is 5.78 Å². The van der Waals surface area contributed by atoms with Crippen LogP contribution < -0.4 is 5.32 Å². The van der Waals surface area contributed by atoms with E-state index in [1.165, 1.54) is 5.56 Å². The zero-order chi connectivity index (χ0) is 13.4. The summed E-state index contributed by atoms with van der Waals surface area (Å²) in [7, 11) is 2.01. The van der Waals surface area contributed by atoms with Crippen LogP contribution in [0.3, 0.4) is 0 Å². The molecule has 3 heteroatoms. The van der Waals surface area contributed by atoms with Crippen molar-refractivity contribution in [1.82, 2.24) is 9.88 Å². The maximum atomic E-state index is 12.7. The molecule has 1 aromatic heterocycles. The molecular weight excluding hydrogens is 236 g/mol. The summed E-state index contributed by atoms with van der Waals surface area (Å²) in [6.07, 6.45) is 3.91. The Hall–Kier alpha value is -1.61. The van der Waals surface area contributed by atoms with Gasteiger partial charge in [-0.25, -0.2) is 0 Å². The number of benzene rings is 1. The predicted molar refractivity (Wildman–Crippen MR) is 77.6 cm³/mol. The highest BCUT2D eigenvalue weighted by Crippen LogP contribution is 2.26. The molecule has 1 saturated heterocycles. The van der Waals surface area contributed by atoms with Gasteiger partial charge in [-0.2, -0.15) is 0 Å². The number of aryl methyl sites for hydroxylation is 2. The molecule has 100 valence electrons. The Kier molecular flexibility index (Phi) is 3.15. The normalized spacial score (nSPS) is 16.9. The summed E-state index contributed by atoms with van der Waals surface area (Å²) in [4.78, 5) is 12.7. The maximum Gasteiger partial charge on any atom is 0.168 e. The summed E-state index contributed by atoms with van der Waals surface area (Å²) in [6, 6.07) is 6.33. The van der Waals surface area contributed by atoms with Crippen LogP contribution in [0.1, 0.15) is 28.8 Å². The van der Waals surface area contributed by atoms with Gasteiger partial charge < -0.3 is 9.88 Å². The summed E-state index contributed by atoms with van der Waals surface area (Å²) in [5, 5.41) is 4.42. The Labute approximate surface area is 113 Å². The number of nitrogens with one attached hydrogen (secondary N) is 1. The molecule has 0 unspecified atom stereocenters. The zero-order valence-electron chi connectivity index (χ0n) is 11.6. The fraction of sp³-hybridized carbons (Fsp3) is 0.438. The molecule has 0 amide bonds. The third-order valence-electron chi connectivity index (χ3n) is 4.12. The highest BCUT2D eigenvalue weighted by Gasteiger charge is 2.24. The van der Waals surface area contributed by atoms with Crippen molar-refractivity contribution in [1.29, 1.82) is 0 Å². The SMILES string of the molecule is Cc1ccc2c(c1)c(C(=O)C1CCNCC1)cn2C. The van der Waals surface area contributed by atoms with Gasteiger partial charge >= 0.3 is 0 Å². The molecule has 1 fully saturated rings. The molecule has 1 N–H and O–H groups in total. The number of rotatable bonds is 2. The van der Waals surface area contributed by atoms with Crippen molar-refractivity contribution in [3.05, 3.63) is 35.5 Å². The lowest BCUT2D eigenvalue weighted by molar-refractivity contribution is 0.0896. The van der Waals surface area contributed by atoms with E-state index >= 15 is 0 Å². The Balaban J connectivity index is 2.04. The van der Waals surface area contributed by atoms with Crippen LogP contribution in [0.25, 0.3) is 10.9 Å². The van der Waals surface area contributed by atoms with E-state index in [-0.39, 0.29) is 5.92 Å². The van der Waals surface area contributed by atoms with Crippen molar-refractivity contribution in [2.24, 2.45) is 13.0 Å². The second-order valence-electron chi connectivity index (χ2n) is 5.56. The number of aromatic nitrogens is 1. The van der Waals surface area contributed by atoms with Crippen LogP contribution in [0, 0.1) is 12.8 Å². The quantitative estimate of drug-likeness (QED) is 0.838. The highest BCUT2D eigenvalue weighted by atomic mass is 16.1. The molecule has 0 spiro atoms. The van der Waals surface area contributed by atoms with Gasteiger partial charge in [-0.1, -0.05) is 11.6 Å². The average Bonchev–Trinajstić information content (AvgIpc) is 2.75. The molecule has 19 heavy (non-hydrogen) atoms. The number of fused-ring (bicyclic) bond motifs is 1. The number of ketones is 1. The van der Waals surface area contributed by atoms with Gasteiger partial charge in [0, 0.05) is 35.6 Å². The van der Waals surface area contributed by atoms with Crippen LogP contribution in [0.4, 0.5) is 0 Å². The number of Topliss-reactive ketones (excluding diaryl/α,β-unsaturated/α-hetero) is 1. The van der Waals surface area contributed by atoms with Gasteiger partial charge in [-0.3, -0.25) is 4.79 Å². The van der Waals surface area contributed by atoms with Gasteiger partial charge in [0.2, 0.25) is 0 Å². The largest absolute Gasteiger partial charge is 0.350 e. The Morgan fingerprint density at radius 2 is 2.05 bits per heavy atom. The molecule has 1 aromatic carbocycles. The van der Waals surface area contributed by atoms with E-state index in [2.05, 4.69) is 35.0 Å². The molecule has 2 aromatic rings. The van der Waals surface area contributed by atoms with Crippen LogP contribution in [0.15, 0.2) is 24.4 Å². The van der Waals surface area contributed by atoms with Gasteiger partial charge in [0.1, 0.15) is 0 Å². The minimum atomic E-state index is 0.187. The van der Waals surface area contributed by atoms with Crippen molar-refractivity contribution >= 4 is 16.7 Å². The summed E-state index contributed by atoms with van der Waals surface area (Å²) in [5.41, 5.74) is 3.24. The number of piperidine rings is 1. The first kappa shape index (κ1) is 12.4. The van der Waals surface area contributed by atoms with Crippen molar-refractivity contribution in [2.45, 2.75) is 19.8 Å². The molecule has 0 atom stereocenters. The lowest BCUT2D eigenvalue weighted by Gasteiger charge is -2.21. The molecule has 3 rings (SSSR count). The van der Waals surface area contributed by atoms with Gasteiger partial charge in [0.25, 0.3) is 0 Å². The maximum absolute atomic E-state index is 12.7. The van der Waals surface area contributed by atoms with Crippen LogP contribution in [0.5, 0.6) is 0 Å². The molecule has 1 aliphatic rings. The van der Waals surface area contributed by atoms with E-state index in [0.29, 0.717) is 5.78 Å². The Bertz CT molecular complexity index is 621. The minimum Gasteiger partial charge on any atom is -0.350 e. The fourth-order valence-corrected chi connectivity index (χ4v) is 3.01. The molecule has 3 nitrogen and oxygen atoms in total. The predicted octanol–water partition coefficient (Wildman–Crippen LogP) is 2.67. The molecule has 0 bridgehead atoms. The average molecular weight is 256 g/mol. The summed E-state index contributed by atoms with van der Waals surface area (Å²) in [6.45, 7) is 3.99. The topological polar surface area (TPSA) is 34.0 Å². The van der Waals surface area contributed by atoms with Crippen molar-refractivity contribution < 1.29 is 4.79 Å². The smallest absolute Gasteiger partial charge is 0.168 e. The van der Waals surface area contributed by atoms with Gasteiger partial charge in [0.05, 0.1) is 0 Å². The third-order valence-corrected chi connectivity index (χ3v) is 4.12. The van der Waals surface area contributed by atoms with Crippen molar-refractivity contribution in [3.63, 3.8) is 0 Å². The van der Waals surface area contributed by atoms with Crippen molar-refractivity contribution in [3.8, 4) is 0 Å². The molecule has 1 aliphatic heterocycles. The van der Waals surface area contributed by atoms with E-state index in [1.54, 1.807) is 0 Å². The second kappa shape index (κ2) is 4.82. The summed E-state index contributed by atoms with van der Waals surface area (Å²) in [5.74, 6) is 0.505. The number of hydrogen-bond donors (Lipinski definition) is 1. The molecule has 0 saturated carbocycles. The van der Waals surface area contributed by atoms with E-state index in [0.717, 1.165) is 42.4 Å². The summed E-state index contributed by atoms with van der Waals surface area (Å²) < 4.78 is 2.06. The third kappa shape index (κ3) is 2.19. The monoisotopic (exact) mass is 256 g/mol. The lowest BCUT2D eigenvalue weighted by atomic mass is 9.89. The van der Waals surface area contributed by atoms with Crippen molar-refractivity contribution in [2.75, 3.05) is 13.1 Å². The Morgan fingerprint density at radius 1 is 1.32 bits per heavy atom. The van der Waals surface area contributed by atoms with Crippen LogP contribution in [-0.4, -0.2) is 23.4 Å². The first-order valence-corrected chi connectivity index (χ1v) is 6.97. The number of hydrogen-bond acceptors (Lipinski definition) is 2. The highest BCUT2D eigenvalue weighted by molar-refractivity contribution is 6.09. The number of nitrogens with zero attached hydrogens (tertiary/aromatic N) is 1. The van der Waals surface area contributed by atoms with E-state index in [4.69, 9.17) is 0 Å². The second-order valence-corrected chi connectivity index (χ2v) is 5.56. The van der Waals surface area contributed by atoms with Crippen LogP contribution in [0.2, 0.25) is 0 Å². The molecule has 2 heterocycles. The molecular formula is C16H20N2O. The fourth-order valence-electron chi connectivity index (χ4n) is 3.01. The summed E-state index contributed by atoms with van der Waals surface area (Å²) >= 11 is 0. The van der Waals surface area contributed by atoms with E-state index < -0.39 is 0 Å². The zero-order valence-corrected chi connectivity index (χ0v) is 11.6. The van der Waals surface area contributed by atoms with Crippen LogP contribution in [-0.2, 0) is 7.05 Å². The number of carbonyl (C=O) groups is 1. The first-order chi connectivity index (χ1) is 9.16. The Morgan fingerprint density at radius 3 is 2.79 bits per heavy atom. The molecule has 0 radical (unpaired) electrons. The first-order valence-electron chi connectivity index (χ1n) is 6.97. The number of carbonyl (C=O) groups excluding carboxylic acids is 1. The molecule has 0 aliphatic carbocycles. The van der Waals surface area contributed by atoms with E-state index in [1.807, 2.05) is 13.2 Å². The minimum absolute atomic E-state index is 0.187. The van der Waals surface area contributed by atoms with E-state index in [9.17, 15) is 4.79 Å². The van der Waals surface area contributed by atoms with Gasteiger partial charge in [-0.05, 0) is 45.0 Å². The lowest BCUT2D eigenvalue weighted by Crippen LogP contribution is -2.31. The van der Waals surface area contributed by atoms with Gasteiger partial charge in [-0.15, -0.1) is 0 Å². The standard InChI is InChI=1S/C16H20N2O/c1-11-3-4-15-13(9-11)14(10-18(15)2)16(19)12-5-7-17-8-6-12/h3-4,9-10,12,17H,5-8H2,1-2H3. The van der Waals surface area contributed by atoms with Crippen LogP contribution >= 0.6 is 0 Å².